The lowest BCUT2D eigenvalue weighted by molar-refractivity contribution is 0.609. The van der Waals surface area contributed by atoms with E-state index in [1.165, 1.54) is 12.1 Å². The fourth-order valence-electron chi connectivity index (χ4n) is 0.506. The number of hydrogen-bond acceptors (Lipinski definition) is 3. The number of nitrogens with zero attached hydrogens (tertiary/aromatic N) is 1. The first kappa shape index (κ1) is 12.7. The molecule has 74 valence electrons. The molecule has 0 amide bonds. The van der Waals surface area contributed by atoms with Crippen LogP contribution in [0.25, 0.3) is 0 Å². The molecule has 0 radical (unpaired) electrons. The molecule has 1 heterocycles. The van der Waals surface area contributed by atoms with Crippen LogP contribution < -0.4 is 0 Å². The van der Waals surface area contributed by atoms with Gasteiger partial charge in [0.25, 0.3) is 9.05 Å². The summed E-state index contributed by atoms with van der Waals surface area (Å²) >= 11 is 5.41. The molecular formula is C7H9Cl2NO2S. The summed E-state index contributed by atoms with van der Waals surface area (Å²) in [5.41, 5.74) is 0. The first-order valence-electron chi connectivity index (χ1n) is 3.56. The van der Waals surface area contributed by atoms with Crippen LogP contribution in [0.15, 0.2) is 23.2 Å². The van der Waals surface area contributed by atoms with Crippen LogP contribution in [-0.4, -0.2) is 13.4 Å². The molecule has 0 aromatic carbocycles. The summed E-state index contributed by atoms with van der Waals surface area (Å²) in [4.78, 5) is 3.50. The molecule has 1 aromatic heterocycles. The highest BCUT2D eigenvalue weighted by Crippen LogP contribution is 2.14. The third-order valence-corrected chi connectivity index (χ3v) is 2.54. The van der Waals surface area contributed by atoms with Crippen LogP contribution in [0.4, 0.5) is 0 Å². The molecular weight excluding hydrogens is 233 g/mol. The minimum Gasteiger partial charge on any atom is -0.243 e. The second-order valence-electron chi connectivity index (χ2n) is 1.75. The van der Waals surface area contributed by atoms with Gasteiger partial charge in [-0.15, -0.1) is 0 Å². The lowest BCUT2D eigenvalue weighted by atomic mass is 10.5. The molecule has 13 heavy (non-hydrogen) atoms. The molecule has 0 aliphatic rings. The van der Waals surface area contributed by atoms with Gasteiger partial charge in [-0.05, 0) is 12.1 Å². The van der Waals surface area contributed by atoms with E-state index in [0.29, 0.717) is 0 Å². The molecule has 0 aliphatic heterocycles. The molecule has 0 saturated carbocycles. The van der Waals surface area contributed by atoms with E-state index in [9.17, 15) is 8.42 Å². The minimum absolute atomic E-state index is 0.0523. The SMILES string of the molecule is CC.O=S(=O)(Cl)c1ccc(Cl)nc1. The normalized spacial score (nSPS) is 10.2. The number of aromatic nitrogens is 1. The maximum atomic E-state index is 10.6. The van der Waals surface area contributed by atoms with Crippen LogP contribution in [0, 0.1) is 0 Å². The summed E-state index contributed by atoms with van der Waals surface area (Å²) in [5.74, 6) is 0. The van der Waals surface area contributed by atoms with Gasteiger partial charge in [0.15, 0.2) is 0 Å². The highest BCUT2D eigenvalue weighted by molar-refractivity contribution is 8.13. The minimum atomic E-state index is -3.67. The van der Waals surface area contributed by atoms with Crippen LogP contribution in [0.5, 0.6) is 0 Å². The summed E-state index contributed by atoms with van der Waals surface area (Å²) in [6.07, 6.45) is 1.10. The van der Waals surface area contributed by atoms with E-state index in [4.69, 9.17) is 22.3 Å². The van der Waals surface area contributed by atoms with Gasteiger partial charge in [0.05, 0.1) is 0 Å². The van der Waals surface area contributed by atoms with Crippen molar-refractivity contribution in [2.75, 3.05) is 0 Å². The monoisotopic (exact) mass is 241 g/mol. The molecule has 6 heteroatoms. The molecule has 0 aliphatic carbocycles. The third-order valence-electron chi connectivity index (χ3n) is 0.982. The van der Waals surface area contributed by atoms with Crippen molar-refractivity contribution in [3.8, 4) is 0 Å². The smallest absolute Gasteiger partial charge is 0.243 e. The van der Waals surface area contributed by atoms with Gasteiger partial charge in [-0.3, -0.25) is 0 Å². The van der Waals surface area contributed by atoms with Crippen LogP contribution >= 0.6 is 22.3 Å². The quantitative estimate of drug-likeness (QED) is 0.561. The standard InChI is InChI=1S/C5H3Cl2NO2S.C2H6/c6-5-2-1-4(3-8-5)11(7,9)10;1-2/h1-3H;1-2H3. The summed E-state index contributed by atoms with van der Waals surface area (Å²) in [6.45, 7) is 4.00. The van der Waals surface area contributed by atoms with Crippen molar-refractivity contribution in [2.45, 2.75) is 18.7 Å². The number of rotatable bonds is 1. The van der Waals surface area contributed by atoms with Crippen molar-refractivity contribution in [3.63, 3.8) is 0 Å². The molecule has 1 rings (SSSR count). The molecule has 0 unspecified atom stereocenters. The van der Waals surface area contributed by atoms with Gasteiger partial charge in [-0.2, -0.15) is 0 Å². The van der Waals surface area contributed by atoms with Crippen LogP contribution in [0.2, 0.25) is 5.15 Å². The zero-order valence-electron chi connectivity index (χ0n) is 7.16. The maximum Gasteiger partial charge on any atom is 0.262 e. The Morgan fingerprint density at radius 2 is 1.85 bits per heavy atom. The van der Waals surface area contributed by atoms with Gasteiger partial charge >= 0.3 is 0 Å². The fraction of sp³-hybridized carbons (Fsp3) is 0.286. The lowest BCUT2D eigenvalue weighted by Crippen LogP contribution is -1.90. The number of hydrogen-bond donors (Lipinski definition) is 0. The summed E-state index contributed by atoms with van der Waals surface area (Å²) in [5, 5.41) is 0.231. The van der Waals surface area contributed by atoms with Crippen molar-refractivity contribution < 1.29 is 8.42 Å². The van der Waals surface area contributed by atoms with Crippen molar-refractivity contribution in [1.82, 2.24) is 4.98 Å². The summed E-state index contributed by atoms with van der Waals surface area (Å²) in [7, 11) is 1.33. The summed E-state index contributed by atoms with van der Waals surface area (Å²) < 4.78 is 21.3. The van der Waals surface area contributed by atoms with Gasteiger partial charge < -0.3 is 0 Å². The van der Waals surface area contributed by atoms with Gasteiger partial charge in [0.2, 0.25) is 0 Å². The average molecular weight is 242 g/mol. The Kier molecular flexibility index (Phi) is 5.29. The van der Waals surface area contributed by atoms with Crippen molar-refractivity contribution in [3.05, 3.63) is 23.5 Å². The summed E-state index contributed by atoms with van der Waals surface area (Å²) in [6, 6.07) is 2.65. The van der Waals surface area contributed by atoms with E-state index in [-0.39, 0.29) is 10.0 Å². The van der Waals surface area contributed by atoms with E-state index in [0.717, 1.165) is 6.20 Å². The highest BCUT2D eigenvalue weighted by atomic mass is 35.7. The third kappa shape index (κ3) is 4.45. The predicted molar refractivity (Wildman–Crippen MR) is 53.6 cm³/mol. The molecule has 0 fully saturated rings. The van der Waals surface area contributed by atoms with Crippen molar-refractivity contribution >= 4 is 31.3 Å². The van der Waals surface area contributed by atoms with Crippen LogP contribution in [0.1, 0.15) is 13.8 Å². The Labute approximate surface area is 87.1 Å². The van der Waals surface area contributed by atoms with Gasteiger partial charge in [-0.1, -0.05) is 25.4 Å². The molecule has 0 bridgehead atoms. The molecule has 3 nitrogen and oxygen atoms in total. The lowest BCUT2D eigenvalue weighted by Gasteiger charge is -1.92. The zero-order valence-corrected chi connectivity index (χ0v) is 9.49. The molecule has 1 aromatic rings. The fourth-order valence-corrected chi connectivity index (χ4v) is 1.30. The molecule has 0 saturated heterocycles. The predicted octanol–water partition coefficient (Wildman–Crippen LogP) is 2.69. The van der Waals surface area contributed by atoms with E-state index in [2.05, 4.69) is 4.98 Å². The van der Waals surface area contributed by atoms with E-state index in [1.54, 1.807) is 0 Å². The highest BCUT2D eigenvalue weighted by Gasteiger charge is 2.08. The Morgan fingerprint density at radius 3 is 2.15 bits per heavy atom. The van der Waals surface area contributed by atoms with Gasteiger partial charge in [0.1, 0.15) is 10.0 Å². The number of pyridine rings is 1. The van der Waals surface area contributed by atoms with E-state index >= 15 is 0 Å². The van der Waals surface area contributed by atoms with E-state index in [1.807, 2.05) is 13.8 Å². The van der Waals surface area contributed by atoms with Gasteiger partial charge in [0, 0.05) is 16.9 Å². The Morgan fingerprint density at radius 1 is 1.31 bits per heavy atom. The largest absolute Gasteiger partial charge is 0.262 e. The van der Waals surface area contributed by atoms with Crippen LogP contribution in [-0.2, 0) is 9.05 Å². The first-order valence-corrected chi connectivity index (χ1v) is 6.25. The topological polar surface area (TPSA) is 47.0 Å². The maximum absolute atomic E-state index is 10.6. The Balaban J connectivity index is 0.000000671. The first-order chi connectivity index (χ1) is 6.00. The van der Waals surface area contributed by atoms with Crippen molar-refractivity contribution in [1.29, 1.82) is 0 Å². The molecule has 0 spiro atoms. The van der Waals surface area contributed by atoms with Crippen LogP contribution in [0.3, 0.4) is 0 Å². The second-order valence-corrected chi connectivity index (χ2v) is 4.71. The van der Waals surface area contributed by atoms with Crippen molar-refractivity contribution in [2.24, 2.45) is 0 Å². The molecule has 0 atom stereocenters. The number of halogens is 2. The second kappa shape index (κ2) is 5.42. The zero-order chi connectivity index (χ0) is 10.5. The average Bonchev–Trinajstić information content (AvgIpc) is 2.07. The van der Waals surface area contributed by atoms with Gasteiger partial charge in [-0.25, -0.2) is 13.4 Å². The Bertz CT molecular complexity index is 347. The Hall–Kier alpha value is -0.320. The van der Waals surface area contributed by atoms with E-state index < -0.39 is 9.05 Å². The molecule has 0 N–H and O–H groups in total.